The summed E-state index contributed by atoms with van der Waals surface area (Å²) < 4.78 is 10.3. The Morgan fingerprint density at radius 2 is 2.10 bits per heavy atom. The Labute approximate surface area is 125 Å². The molecule has 0 saturated heterocycles. The summed E-state index contributed by atoms with van der Waals surface area (Å²) in [6.07, 6.45) is 4.35. The van der Waals surface area contributed by atoms with Gasteiger partial charge in [-0.1, -0.05) is 0 Å². The number of nitrogens with zero attached hydrogens (tertiary/aromatic N) is 2. The lowest BCUT2D eigenvalue weighted by atomic mass is 9.99. The Hall–Kier alpha value is -0.690. The maximum absolute atomic E-state index is 6.16. The third-order valence-corrected chi connectivity index (χ3v) is 4.79. The number of methoxy groups -OCH3 is 2. The van der Waals surface area contributed by atoms with Crippen LogP contribution in [0.2, 0.25) is 0 Å². The number of fused-ring (bicyclic) bond motifs is 1. The largest absolute Gasteiger partial charge is 0.385 e. The molecule has 114 valence electrons. The molecule has 2 rings (SSSR count). The molecule has 0 aromatic carbocycles. The number of ether oxygens (including phenoxy) is 2. The molecule has 6 heteroatoms. The van der Waals surface area contributed by atoms with Crippen LogP contribution in [-0.2, 0) is 15.9 Å². The highest BCUT2D eigenvalue weighted by molar-refractivity contribution is 7.15. The monoisotopic (exact) mass is 299 g/mol. The lowest BCUT2D eigenvalue weighted by Gasteiger charge is -2.21. The van der Waals surface area contributed by atoms with Gasteiger partial charge in [-0.25, -0.2) is 4.98 Å². The zero-order valence-electron chi connectivity index (χ0n) is 12.4. The van der Waals surface area contributed by atoms with Gasteiger partial charge in [0.15, 0.2) is 5.13 Å². The van der Waals surface area contributed by atoms with Crippen molar-refractivity contribution in [1.29, 1.82) is 0 Å². The Bertz CT molecular complexity index is 411. The van der Waals surface area contributed by atoms with Crippen molar-refractivity contribution in [1.82, 2.24) is 4.98 Å². The molecule has 1 aromatic heterocycles. The van der Waals surface area contributed by atoms with E-state index in [-0.39, 0.29) is 6.04 Å². The van der Waals surface area contributed by atoms with Crippen molar-refractivity contribution >= 4 is 16.5 Å². The van der Waals surface area contributed by atoms with E-state index in [1.807, 2.05) is 0 Å². The highest BCUT2D eigenvalue weighted by Crippen LogP contribution is 2.35. The summed E-state index contributed by atoms with van der Waals surface area (Å²) >= 11 is 1.79. The molecule has 1 unspecified atom stereocenters. The predicted octanol–water partition coefficient (Wildman–Crippen LogP) is 1.97. The second-order valence-electron chi connectivity index (χ2n) is 5.13. The molecule has 5 nitrogen and oxygen atoms in total. The van der Waals surface area contributed by atoms with E-state index in [1.54, 1.807) is 25.6 Å². The number of rotatable bonds is 8. The van der Waals surface area contributed by atoms with Crippen molar-refractivity contribution < 1.29 is 9.47 Å². The number of aryl methyl sites for hydroxylation is 1. The van der Waals surface area contributed by atoms with Crippen LogP contribution < -0.4 is 10.6 Å². The van der Waals surface area contributed by atoms with Crippen molar-refractivity contribution in [3.05, 3.63) is 10.6 Å². The van der Waals surface area contributed by atoms with Gasteiger partial charge < -0.3 is 20.1 Å². The van der Waals surface area contributed by atoms with Crippen molar-refractivity contribution in [2.45, 2.75) is 31.7 Å². The molecule has 1 aromatic rings. The van der Waals surface area contributed by atoms with E-state index in [0.717, 1.165) is 49.8 Å². The van der Waals surface area contributed by atoms with Crippen LogP contribution >= 0.6 is 11.3 Å². The molecule has 1 aliphatic carbocycles. The third kappa shape index (κ3) is 3.91. The minimum Gasteiger partial charge on any atom is -0.385 e. The second kappa shape index (κ2) is 7.93. The van der Waals surface area contributed by atoms with Gasteiger partial charge >= 0.3 is 0 Å². The average Bonchev–Trinajstić information content (AvgIpc) is 2.88. The first-order valence-corrected chi connectivity index (χ1v) is 8.06. The highest BCUT2D eigenvalue weighted by Gasteiger charge is 2.23. The number of nitrogens with two attached hydrogens (primary N) is 1. The average molecular weight is 299 g/mol. The third-order valence-electron chi connectivity index (χ3n) is 3.60. The van der Waals surface area contributed by atoms with E-state index in [0.29, 0.717) is 6.61 Å². The Balaban J connectivity index is 2.07. The quantitative estimate of drug-likeness (QED) is 0.744. The van der Waals surface area contributed by atoms with Crippen LogP contribution in [0.15, 0.2) is 0 Å². The normalized spacial score (nSPS) is 18.1. The predicted molar refractivity (Wildman–Crippen MR) is 82.6 cm³/mol. The molecule has 0 fully saturated rings. The number of hydrogen-bond acceptors (Lipinski definition) is 6. The zero-order valence-corrected chi connectivity index (χ0v) is 13.2. The first kappa shape index (κ1) is 15.7. The molecule has 0 bridgehead atoms. The van der Waals surface area contributed by atoms with Crippen molar-refractivity contribution in [3.8, 4) is 0 Å². The van der Waals surface area contributed by atoms with Gasteiger partial charge in [0.05, 0.1) is 12.3 Å². The molecular weight excluding hydrogens is 274 g/mol. The summed E-state index contributed by atoms with van der Waals surface area (Å²) in [6, 6.07) is 0.118. The fraction of sp³-hybridized carbons (Fsp3) is 0.786. The first-order chi connectivity index (χ1) is 9.76. The smallest absolute Gasteiger partial charge is 0.185 e. The van der Waals surface area contributed by atoms with Gasteiger partial charge in [0, 0.05) is 44.8 Å². The molecule has 1 heterocycles. The van der Waals surface area contributed by atoms with Gasteiger partial charge in [-0.15, -0.1) is 11.3 Å². The van der Waals surface area contributed by atoms with E-state index in [9.17, 15) is 0 Å². The van der Waals surface area contributed by atoms with Crippen molar-refractivity contribution in [3.63, 3.8) is 0 Å². The lowest BCUT2D eigenvalue weighted by Crippen LogP contribution is -2.29. The fourth-order valence-corrected chi connectivity index (χ4v) is 3.70. The van der Waals surface area contributed by atoms with Crippen LogP contribution in [-0.4, -0.2) is 45.5 Å². The first-order valence-electron chi connectivity index (χ1n) is 7.24. The van der Waals surface area contributed by atoms with Gasteiger partial charge in [-0.2, -0.15) is 0 Å². The Morgan fingerprint density at radius 1 is 1.30 bits per heavy atom. The number of thiazole rings is 1. The molecule has 0 amide bonds. The lowest BCUT2D eigenvalue weighted by molar-refractivity contribution is 0.191. The van der Waals surface area contributed by atoms with Gasteiger partial charge in [0.2, 0.25) is 0 Å². The molecule has 0 saturated carbocycles. The van der Waals surface area contributed by atoms with E-state index in [1.165, 1.54) is 11.3 Å². The van der Waals surface area contributed by atoms with Crippen LogP contribution in [0.5, 0.6) is 0 Å². The van der Waals surface area contributed by atoms with E-state index < -0.39 is 0 Å². The Kier molecular flexibility index (Phi) is 6.22. The molecule has 0 aliphatic heterocycles. The summed E-state index contributed by atoms with van der Waals surface area (Å²) in [6.45, 7) is 3.29. The maximum Gasteiger partial charge on any atom is 0.185 e. The Morgan fingerprint density at radius 3 is 2.80 bits per heavy atom. The second-order valence-corrected chi connectivity index (χ2v) is 6.19. The van der Waals surface area contributed by atoms with Crippen molar-refractivity contribution in [2.24, 2.45) is 5.73 Å². The van der Waals surface area contributed by atoms with Crippen LogP contribution in [0.25, 0.3) is 0 Å². The highest BCUT2D eigenvalue weighted by atomic mass is 32.1. The number of aromatic nitrogens is 1. The SMILES string of the molecule is COCCCN(CCOC)c1nc2c(s1)CCCC2N. The van der Waals surface area contributed by atoms with Crippen LogP contribution in [0.4, 0.5) is 5.13 Å². The summed E-state index contributed by atoms with van der Waals surface area (Å²) in [7, 11) is 3.47. The zero-order chi connectivity index (χ0) is 14.4. The van der Waals surface area contributed by atoms with Crippen LogP contribution in [0, 0.1) is 0 Å². The van der Waals surface area contributed by atoms with Gasteiger partial charge in [-0.05, 0) is 25.7 Å². The summed E-state index contributed by atoms with van der Waals surface area (Å²) in [5, 5.41) is 1.08. The number of anilines is 1. The summed E-state index contributed by atoms with van der Waals surface area (Å²) in [4.78, 5) is 8.45. The van der Waals surface area contributed by atoms with Gasteiger partial charge in [0.25, 0.3) is 0 Å². The molecular formula is C14H25N3O2S. The van der Waals surface area contributed by atoms with E-state index in [2.05, 4.69) is 4.90 Å². The van der Waals surface area contributed by atoms with E-state index >= 15 is 0 Å². The minimum absolute atomic E-state index is 0.118. The van der Waals surface area contributed by atoms with Crippen LogP contribution in [0.1, 0.15) is 35.9 Å². The van der Waals surface area contributed by atoms with Gasteiger partial charge in [0.1, 0.15) is 0 Å². The van der Waals surface area contributed by atoms with Gasteiger partial charge in [-0.3, -0.25) is 0 Å². The maximum atomic E-state index is 6.16. The molecule has 2 N–H and O–H groups in total. The molecule has 0 spiro atoms. The topological polar surface area (TPSA) is 60.6 Å². The van der Waals surface area contributed by atoms with E-state index in [4.69, 9.17) is 20.2 Å². The molecule has 1 aliphatic rings. The molecule has 0 radical (unpaired) electrons. The van der Waals surface area contributed by atoms with Crippen LogP contribution in [0.3, 0.4) is 0 Å². The molecule has 20 heavy (non-hydrogen) atoms. The minimum atomic E-state index is 0.118. The number of hydrogen-bond donors (Lipinski definition) is 1. The van der Waals surface area contributed by atoms with Crippen molar-refractivity contribution in [2.75, 3.05) is 45.4 Å². The molecule has 1 atom stereocenters. The standard InChI is InChI=1S/C14H25N3O2S/c1-18-9-4-7-17(8-10-19-2)14-16-13-11(15)5-3-6-12(13)20-14/h11H,3-10,15H2,1-2H3. The summed E-state index contributed by atoms with van der Waals surface area (Å²) in [5.74, 6) is 0. The fourth-order valence-electron chi connectivity index (χ4n) is 2.48. The summed E-state index contributed by atoms with van der Waals surface area (Å²) in [5.41, 5.74) is 7.28.